The summed E-state index contributed by atoms with van der Waals surface area (Å²) in [6, 6.07) is 2.14. The molecular formula is C6H5ClO3. The van der Waals surface area contributed by atoms with E-state index >= 15 is 0 Å². The lowest BCUT2D eigenvalue weighted by molar-refractivity contribution is 0.396. The zero-order valence-corrected chi connectivity index (χ0v) is 5.63. The van der Waals surface area contributed by atoms with Gasteiger partial charge in [0, 0.05) is 12.1 Å². The van der Waals surface area contributed by atoms with E-state index in [0.29, 0.717) is 0 Å². The molecule has 0 saturated carbocycles. The average molecular weight is 161 g/mol. The van der Waals surface area contributed by atoms with Crippen LogP contribution in [0.5, 0.6) is 17.2 Å². The molecule has 1 aromatic carbocycles. The van der Waals surface area contributed by atoms with Gasteiger partial charge in [0.25, 0.3) is 0 Å². The minimum Gasteiger partial charge on any atom is -0.508 e. The Morgan fingerprint density at radius 1 is 1.10 bits per heavy atom. The quantitative estimate of drug-likeness (QED) is 0.398. The van der Waals surface area contributed by atoms with Gasteiger partial charge < -0.3 is 15.3 Å². The fourth-order valence-corrected chi connectivity index (χ4v) is 0.779. The molecule has 10 heavy (non-hydrogen) atoms. The molecule has 0 radical (unpaired) electrons. The zero-order chi connectivity index (χ0) is 7.72. The van der Waals surface area contributed by atoms with E-state index in [9.17, 15) is 0 Å². The molecule has 0 aliphatic carbocycles. The Bertz CT molecular complexity index is 236. The zero-order valence-electron chi connectivity index (χ0n) is 4.87. The number of rotatable bonds is 0. The number of phenolic OH excluding ortho intramolecular Hbond substituents is 3. The monoisotopic (exact) mass is 160 g/mol. The maximum Gasteiger partial charge on any atom is 0.176 e. The third kappa shape index (κ3) is 1.09. The van der Waals surface area contributed by atoms with E-state index in [1.807, 2.05) is 0 Å². The summed E-state index contributed by atoms with van der Waals surface area (Å²) in [5.74, 6) is -1.02. The molecule has 0 aromatic heterocycles. The summed E-state index contributed by atoms with van der Waals surface area (Å²) < 4.78 is 0. The molecule has 0 aliphatic heterocycles. The first kappa shape index (κ1) is 7.02. The lowest BCUT2D eigenvalue weighted by Crippen LogP contribution is -1.70. The van der Waals surface area contributed by atoms with Crippen molar-refractivity contribution in [2.24, 2.45) is 0 Å². The molecule has 3 N–H and O–H groups in total. The molecule has 3 nitrogen and oxygen atoms in total. The maximum absolute atomic E-state index is 8.84. The van der Waals surface area contributed by atoms with Gasteiger partial charge in [0.15, 0.2) is 11.5 Å². The van der Waals surface area contributed by atoms with Gasteiger partial charge in [-0.1, -0.05) is 11.6 Å². The van der Waals surface area contributed by atoms with E-state index in [1.54, 1.807) is 0 Å². The summed E-state index contributed by atoms with van der Waals surface area (Å²) in [7, 11) is 0. The predicted octanol–water partition coefficient (Wildman–Crippen LogP) is 1.46. The first-order chi connectivity index (χ1) is 4.61. The van der Waals surface area contributed by atoms with Gasteiger partial charge in [-0.15, -0.1) is 0 Å². The summed E-state index contributed by atoms with van der Waals surface area (Å²) >= 11 is 5.35. The molecule has 0 bridgehead atoms. The number of phenols is 3. The summed E-state index contributed by atoms with van der Waals surface area (Å²) in [4.78, 5) is 0. The Hall–Kier alpha value is -1.09. The molecule has 4 heteroatoms. The topological polar surface area (TPSA) is 60.7 Å². The first-order valence-electron chi connectivity index (χ1n) is 2.51. The highest BCUT2D eigenvalue weighted by molar-refractivity contribution is 6.32. The summed E-state index contributed by atoms with van der Waals surface area (Å²) in [6.07, 6.45) is 0. The van der Waals surface area contributed by atoms with Crippen molar-refractivity contribution in [1.82, 2.24) is 0 Å². The van der Waals surface area contributed by atoms with Crippen molar-refractivity contribution in [2.45, 2.75) is 0 Å². The standard InChI is InChI=1S/C6H5ClO3/c7-4-1-3(8)2-5(9)6(4)10/h1-2,8-10H. The van der Waals surface area contributed by atoms with Gasteiger partial charge >= 0.3 is 0 Å². The van der Waals surface area contributed by atoms with Crippen LogP contribution < -0.4 is 0 Å². The van der Waals surface area contributed by atoms with Gasteiger partial charge in [-0.25, -0.2) is 0 Å². The van der Waals surface area contributed by atoms with Crippen LogP contribution in [0, 0.1) is 0 Å². The minimum atomic E-state index is -0.426. The van der Waals surface area contributed by atoms with Crippen molar-refractivity contribution in [3.8, 4) is 17.2 Å². The molecule has 0 saturated heterocycles. The van der Waals surface area contributed by atoms with E-state index < -0.39 is 11.5 Å². The second kappa shape index (κ2) is 2.27. The lowest BCUT2D eigenvalue weighted by Gasteiger charge is -1.99. The first-order valence-corrected chi connectivity index (χ1v) is 2.89. The Balaban J connectivity index is 3.31. The Kier molecular flexibility index (Phi) is 1.59. The van der Waals surface area contributed by atoms with Crippen LogP contribution in [-0.4, -0.2) is 15.3 Å². The summed E-state index contributed by atoms with van der Waals surface area (Å²) in [5.41, 5.74) is 0. The molecule has 1 rings (SSSR count). The van der Waals surface area contributed by atoms with Crippen LogP contribution in [0.1, 0.15) is 0 Å². The van der Waals surface area contributed by atoms with E-state index in [-0.39, 0.29) is 10.8 Å². The molecule has 0 aliphatic rings. The predicted molar refractivity (Wildman–Crippen MR) is 36.4 cm³/mol. The van der Waals surface area contributed by atoms with Crippen molar-refractivity contribution in [2.75, 3.05) is 0 Å². The number of hydrogen-bond donors (Lipinski definition) is 3. The molecule has 0 heterocycles. The average Bonchev–Trinajstić information content (AvgIpc) is 1.82. The highest BCUT2D eigenvalue weighted by Crippen LogP contribution is 2.36. The van der Waals surface area contributed by atoms with Crippen LogP contribution in [0.15, 0.2) is 12.1 Å². The van der Waals surface area contributed by atoms with Gasteiger partial charge in [0.05, 0.1) is 5.02 Å². The van der Waals surface area contributed by atoms with Gasteiger partial charge in [0.1, 0.15) is 5.75 Å². The Morgan fingerprint density at radius 2 is 1.70 bits per heavy atom. The Morgan fingerprint density at radius 3 is 2.20 bits per heavy atom. The van der Waals surface area contributed by atoms with Crippen molar-refractivity contribution in [3.05, 3.63) is 17.2 Å². The van der Waals surface area contributed by atoms with Crippen molar-refractivity contribution >= 4 is 11.6 Å². The third-order valence-electron chi connectivity index (χ3n) is 1.03. The lowest BCUT2D eigenvalue weighted by atomic mass is 10.3. The van der Waals surface area contributed by atoms with Crippen LogP contribution in [0.25, 0.3) is 0 Å². The molecule has 0 unspecified atom stereocenters. The van der Waals surface area contributed by atoms with Crippen LogP contribution >= 0.6 is 11.6 Å². The van der Waals surface area contributed by atoms with Crippen molar-refractivity contribution < 1.29 is 15.3 Å². The molecule has 0 amide bonds. The highest BCUT2D eigenvalue weighted by atomic mass is 35.5. The van der Waals surface area contributed by atoms with Crippen LogP contribution in [-0.2, 0) is 0 Å². The smallest absolute Gasteiger partial charge is 0.176 e. The molecule has 0 atom stereocenters. The second-order valence-electron chi connectivity index (χ2n) is 1.80. The number of hydrogen-bond acceptors (Lipinski definition) is 3. The molecule has 1 aromatic rings. The van der Waals surface area contributed by atoms with E-state index in [4.69, 9.17) is 26.9 Å². The number of aromatic hydroxyl groups is 3. The Labute approximate surface area is 62.1 Å². The fraction of sp³-hybridized carbons (Fsp3) is 0. The van der Waals surface area contributed by atoms with E-state index in [2.05, 4.69) is 0 Å². The van der Waals surface area contributed by atoms with E-state index in [1.165, 1.54) is 0 Å². The second-order valence-corrected chi connectivity index (χ2v) is 2.20. The highest BCUT2D eigenvalue weighted by Gasteiger charge is 2.05. The fourth-order valence-electron chi connectivity index (χ4n) is 0.571. The molecule has 54 valence electrons. The largest absolute Gasteiger partial charge is 0.508 e. The summed E-state index contributed by atoms with van der Waals surface area (Å²) in [6.45, 7) is 0. The molecular weight excluding hydrogens is 156 g/mol. The maximum atomic E-state index is 8.84. The van der Waals surface area contributed by atoms with Gasteiger partial charge in [-0.2, -0.15) is 0 Å². The minimum absolute atomic E-state index is 0.0718. The van der Waals surface area contributed by atoms with Crippen LogP contribution in [0.4, 0.5) is 0 Å². The van der Waals surface area contributed by atoms with Crippen molar-refractivity contribution in [1.29, 1.82) is 0 Å². The molecule has 0 fully saturated rings. The number of benzene rings is 1. The third-order valence-corrected chi connectivity index (χ3v) is 1.32. The van der Waals surface area contributed by atoms with Crippen LogP contribution in [0.3, 0.4) is 0 Å². The molecule has 0 spiro atoms. The van der Waals surface area contributed by atoms with Gasteiger partial charge in [0.2, 0.25) is 0 Å². The van der Waals surface area contributed by atoms with Gasteiger partial charge in [-0.05, 0) is 0 Å². The van der Waals surface area contributed by atoms with Gasteiger partial charge in [-0.3, -0.25) is 0 Å². The van der Waals surface area contributed by atoms with Crippen LogP contribution in [0.2, 0.25) is 5.02 Å². The SMILES string of the molecule is Oc1cc(O)c(O)c(Cl)c1. The van der Waals surface area contributed by atoms with Crippen molar-refractivity contribution in [3.63, 3.8) is 0 Å². The summed E-state index contributed by atoms with van der Waals surface area (Å²) in [5, 5.41) is 26.3. The number of halogens is 1. The van der Waals surface area contributed by atoms with E-state index in [0.717, 1.165) is 12.1 Å². The normalized spacial score (nSPS) is 9.70.